The predicted octanol–water partition coefficient (Wildman–Crippen LogP) is 5.60. The molecule has 0 amide bonds. The largest absolute Gasteiger partial charge is 0.465 e. The Kier molecular flexibility index (Phi) is 8.46. The third-order valence-electron chi connectivity index (χ3n) is 4.19. The van der Waals surface area contributed by atoms with Gasteiger partial charge in [-0.05, 0) is 37.5 Å². The van der Waals surface area contributed by atoms with Gasteiger partial charge in [-0.15, -0.1) is 0 Å². The van der Waals surface area contributed by atoms with E-state index >= 15 is 0 Å². The van der Waals surface area contributed by atoms with Gasteiger partial charge in [0.25, 0.3) is 0 Å². The lowest BCUT2D eigenvalue weighted by Gasteiger charge is -2.33. The summed E-state index contributed by atoms with van der Waals surface area (Å²) in [6.45, 7) is 15.7. The minimum absolute atomic E-state index is 0.00938. The first-order valence-corrected chi connectivity index (χ1v) is 8.35. The molecule has 0 spiro atoms. The van der Waals surface area contributed by atoms with Crippen molar-refractivity contribution in [3.63, 3.8) is 0 Å². The summed E-state index contributed by atoms with van der Waals surface area (Å²) >= 11 is 0. The number of carbonyl (C=O) groups excluding carboxylic acids is 1. The molecule has 0 aromatic carbocycles. The van der Waals surface area contributed by atoms with Crippen LogP contribution in [0.5, 0.6) is 0 Å². The molecule has 0 aliphatic heterocycles. The van der Waals surface area contributed by atoms with Crippen molar-refractivity contribution in [1.82, 2.24) is 0 Å². The van der Waals surface area contributed by atoms with E-state index < -0.39 is 0 Å². The highest BCUT2D eigenvalue weighted by Crippen LogP contribution is 2.37. The molecule has 0 aromatic heterocycles. The summed E-state index contributed by atoms with van der Waals surface area (Å²) in [5, 5.41) is 0. The van der Waals surface area contributed by atoms with E-state index in [1.54, 1.807) is 0 Å². The number of hydrogen-bond acceptors (Lipinski definition) is 2. The highest BCUT2D eigenvalue weighted by Gasteiger charge is 2.37. The Balaban J connectivity index is 4.47. The summed E-state index contributed by atoms with van der Waals surface area (Å²) in [4.78, 5) is 12.4. The average Bonchev–Trinajstić information content (AvgIpc) is 2.36. The second kappa shape index (κ2) is 8.69. The number of hydrogen-bond donors (Lipinski definition) is 0. The lowest BCUT2D eigenvalue weighted by atomic mass is 9.73. The van der Waals surface area contributed by atoms with Crippen LogP contribution in [-0.4, -0.2) is 12.6 Å². The van der Waals surface area contributed by atoms with Crippen molar-refractivity contribution in [2.45, 2.75) is 87.0 Å². The van der Waals surface area contributed by atoms with Crippen LogP contribution in [0.3, 0.4) is 0 Å². The molecule has 0 saturated carbocycles. The monoisotopic (exact) mass is 284 g/mol. The van der Waals surface area contributed by atoms with Crippen molar-refractivity contribution >= 4 is 5.97 Å². The summed E-state index contributed by atoms with van der Waals surface area (Å²) < 4.78 is 5.66. The summed E-state index contributed by atoms with van der Waals surface area (Å²) in [5.74, 6) is 0.513. The van der Waals surface area contributed by atoms with Gasteiger partial charge in [0.2, 0.25) is 0 Å². The molecule has 0 aliphatic carbocycles. The Hall–Kier alpha value is -0.530. The summed E-state index contributed by atoms with van der Waals surface area (Å²) in [5.41, 5.74) is -0.197. The maximum atomic E-state index is 12.4. The van der Waals surface area contributed by atoms with Crippen LogP contribution in [0.25, 0.3) is 0 Å². The zero-order valence-electron chi connectivity index (χ0n) is 14.8. The fraction of sp³-hybridized carbons (Fsp3) is 0.944. The molecule has 120 valence electrons. The first kappa shape index (κ1) is 19.5. The fourth-order valence-corrected chi connectivity index (χ4v) is 2.78. The highest BCUT2D eigenvalue weighted by atomic mass is 16.5. The Morgan fingerprint density at radius 3 is 2.10 bits per heavy atom. The van der Waals surface area contributed by atoms with Gasteiger partial charge in [0.05, 0.1) is 12.0 Å². The van der Waals surface area contributed by atoms with Crippen molar-refractivity contribution in [2.24, 2.45) is 16.7 Å². The Labute approximate surface area is 126 Å². The van der Waals surface area contributed by atoms with Crippen LogP contribution >= 0.6 is 0 Å². The minimum Gasteiger partial charge on any atom is -0.465 e. The molecule has 2 unspecified atom stereocenters. The quantitative estimate of drug-likeness (QED) is 0.515. The first-order chi connectivity index (χ1) is 9.18. The van der Waals surface area contributed by atoms with E-state index in [4.69, 9.17) is 4.74 Å². The molecule has 0 bridgehead atoms. The third kappa shape index (κ3) is 7.31. The lowest BCUT2D eigenvalue weighted by Crippen LogP contribution is -2.34. The smallest absolute Gasteiger partial charge is 0.311 e. The van der Waals surface area contributed by atoms with Gasteiger partial charge in [-0.3, -0.25) is 4.79 Å². The molecule has 2 heteroatoms. The number of unbranched alkanes of at least 4 members (excludes halogenated alkanes) is 1. The predicted molar refractivity (Wildman–Crippen MR) is 86.7 cm³/mol. The molecule has 0 radical (unpaired) electrons. The van der Waals surface area contributed by atoms with E-state index in [1.165, 1.54) is 19.3 Å². The maximum Gasteiger partial charge on any atom is 0.311 e. The molecule has 2 atom stereocenters. The molecule has 2 nitrogen and oxygen atoms in total. The standard InChI is InChI=1S/C18H36O2/c1-8-11-12-15(9-2)13-20-16(19)18(7,10-3)14-17(4,5)6/h15H,8-14H2,1-7H3. The van der Waals surface area contributed by atoms with Gasteiger partial charge in [0, 0.05) is 0 Å². The van der Waals surface area contributed by atoms with Gasteiger partial charge in [-0.1, -0.05) is 60.8 Å². The Morgan fingerprint density at radius 2 is 1.70 bits per heavy atom. The SMILES string of the molecule is CCCCC(CC)COC(=O)C(C)(CC)CC(C)(C)C. The van der Waals surface area contributed by atoms with Gasteiger partial charge in [0.15, 0.2) is 0 Å². The molecule has 0 aliphatic rings. The molecular weight excluding hydrogens is 248 g/mol. The van der Waals surface area contributed by atoms with E-state index in [9.17, 15) is 4.79 Å². The number of esters is 1. The molecule has 0 fully saturated rings. The average molecular weight is 284 g/mol. The summed E-state index contributed by atoms with van der Waals surface area (Å²) in [6, 6.07) is 0. The van der Waals surface area contributed by atoms with Crippen molar-refractivity contribution in [2.75, 3.05) is 6.61 Å². The van der Waals surface area contributed by atoms with Crippen molar-refractivity contribution < 1.29 is 9.53 Å². The second-order valence-electron chi connectivity index (χ2n) is 7.67. The molecule has 0 N–H and O–H groups in total. The van der Waals surface area contributed by atoms with Crippen LogP contribution in [0, 0.1) is 16.7 Å². The topological polar surface area (TPSA) is 26.3 Å². The van der Waals surface area contributed by atoms with Gasteiger partial charge < -0.3 is 4.74 Å². The molecule has 20 heavy (non-hydrogen) atoms. The Bertz CT molecular complexity index is 278. The molecular formula is C18H36O2. The molecule has 0 saturated heterocycles. The van der Waals surface area contributed by atoms with Crippen molar-refractivity contribution in [1.29, 1.82) is 0 Å². The summed E-state index contributed by atoms with van der Waals surface area (Å²) in [6.07, 6.45) is 6.41. The van der Waals surface area contributed by atoms with E-state index in [2.05, 4.69) is 41.5 Å². The van der Waals surface area contributed by atoms with Crippen molar-refractivity contribution in [3.05, 3.63) is 0 Å². The van der Waals surface area contributed by atoms with Gasteiger partial charge >= 0.3 is 5.97 Å². The molecule has 0 aromatic rings. The first-order valence-electron chi connectivity index (χ1n) is 8.35. The van der Waals surface area contributed by atoms with Gasteiger partial charge in [0.1, 0.15) is 0 Å². The van der Waals surface area contributed by atoms with Crippen LogP contribution in [0.15, 0.2) is 0 Å². The van der Waals surface area contributed by atoms with Crippen LogP contribution in [0.2, 0.25) is 0 Å². The van der Waals surface area contributed by atoms with Crippen LogP contribution in [0.4, 0.5) is 0 Å². The fourth-order valence-electron chi connectivity index (χ4n) is 2.78. The zero-order valence-corrected chi connectivity index (χ0v) is 14.8. The summed E-state index contributed by atoms with van der Waals surface area (Å²) in [7, 11) is 0. The highest BCUT2D eigenvalue weighted by molar-refractivity contribution is 5.76. The van der Waals surface area contributed by atoms with E-state index in [0.717, 1.165) is 19.3 Å². The van der Waals surface area contributed by atoms with Crippen LogP contribution in [0.1, 0.15) is 87.0 Å². The van der Waals surface area contributed by atoms with Crippen molar-refractivity contribution in [3.8, 4) is 0 Å². The van der Waals surface area contributed by atoms with E-state index in [0.29, 0.717) is 12.5 Å². The van der Waals surface area contributed by atoms with Crippen LogP contribution in [-0.2, 0) is 9.53 Å². The third-order valence-corrected chi connectivity index (χ3v) is 4.19. The van der Waals surface area contributed by atoms with Gasteiger partial charge in [-0.25, -0.2) is 0 Å². The minimum atomic E-state index is -0.346. The van der Waals surface area contributed by atoms with E-state index in [-0.39, 0.29) is 16.8 Å². The Morgan fingerprint density at radius 1 is 1.10 bits per heavy atom. The zero-order chi connectivity index (χ0) is 15.8. The van der Waals surface area contributed by atoms with Crippen LogP contribution < -0.4 is 0 Å². The maximum absolute atomic E-state index is 12.4. The number of ether oxygens (including phenoxy) is 1. The number of rotatable bonds is 9. The molecule has 0 heterocycles. The number of carbonyl (C=O) groups is 1. The van der Waals surface area contributed by atoms with Gasteiger partial charge in [-0.2, -0.15) is 0 Å². The van der Waals surface area contributed by atoms with E-state index in [1.807, 2.05) is 6.92 Å². The second-order valence-corrected chi connectivity index (χ2v) is 7.67. The normalized spacial score (nSPS) is 16.6. The lowest BCUT2D eigenvalue weighted by molar-refractivity contribution is -0.158. The molecule has 0 rings (SSSR count).